The van der Waals surface area contributed by atoms with E-state index in [0.717, 1.165) is 44.4 Å². The first-order chi connectivity index (χ1) is 14.6. The summed E-state index contributed by atoms with van der Waals surface area (Å²) in [6.45, 7) is 3.23. The van der Waals surface area contributed by atoms with E-state index in [4.69, 9.17) is 0 Å². The number of urea groups is 1. The highest BCUT2D eigenvalue weighted by Crippen LogP contribution is 2.20. The van der Waals surface area contributed by atoms with E-state index in [1.54, 1.807) is 6.07 Å². The second kappa shape index (κ2) is 8.73. The normalized spacial score (nSPS) is 13.8. The molecule has 0 radical (unpaired) electrons. The first-order valence-electron chi connectivity index (χ1n) is 9.48. The van der Waals surface area contributed by atoms with Gasteiger partial charge in [0.25, 0.3) is 0 Å². The van der Waals surface area contributed by atoms with Gasteiger partial charge in [-0.15, -0.1) is 0 Å². The molecule has 0 unspecified atom stereocenters. The van der Waals surface area contributed by atoms with E-state index in [2.05, 4.69) is 42.5 Å². The van der Waals surface area contributed by atoms with Crippen molar-refractivity contribution in [2.75, 3.05) is 46.6 Å². The van der Waals surface area contributed by atoms with Crippen LogP contribution in [-0.2, 0) is 0 Å². The Morgan fingerprint density at radius 2 is 1.60 bits per heavy atom. The van der Waals surface area contributed by atoms with Crippen molar-refractivity contribution in [1.82, 2.24) is 9.97 Å². The minimum absolute atomic E-state index is 0.251. The van der Waals surface area contributed by atoms with Crippen molar-refractivity contribution in [2.24, 2.45) is 0 Å². The van der Waals surface area contributed by atoms with Crippen LogP contribution < -0.4 is 20.4 Å². The van der Waals surface area contributed by atoms with Crippen LogP contribution in [0.2, 0.25) is 0 Å². The lowest BCUT2D eigenvalue weighted by atomic mass is 10.2. The van der Waals surface area contributed by atoms with Crippen molar-refractivity contribution < 1.29 is 13.6 Å². The maximum atomic E-state index is 13.7. The largest absolute Gasteiger partial charge is 0.368 e. The number of carbonyl (C=O) groups excluding carboxylic acids is 1. The van der Waals surface area contributed by atoms with E-state index in [1.807, 2.05) is 18.2 Å². The number of para-hydroxylation sites is 1. The summed E-state index contributed by atoms with van der Waals surface area (Å²) < 4.78 is 26.9. The molecule has 4 rings (SSSR count). The van der Waals surface area contributed by atoms with Gasteiger partial charge in [0.1, 0.15) is 29.6 Å². The molecule has 2 aromatic carbocycles. The molecule has 2 N–H and O–H groups in total. The standard InChI is InChI=1S/C21H20F2N6O/c22-15-6-7-17(23)18(12-15)26-21(30)27-19-13-20(25-14-24-19)29-10-8-28(9-11-29)16-4-2-1-3-5-16/h1-7,12-14H,8-11H2,(H2,24,25,26,27,30). The second-order valence-electron chi connectivity index (χ2n) is 6.77. The van der Waals surface area contributed by atoms with Crippen molar-refractivity contribution in [1.29, 1.82) is 0 Å². The Kier molecular flexibility index (Phi) is 5.69. The SMILES string of the molecule is O=C(Nc1cc(N2CCN(c3ccccc3)CC2)ncn1)Nc1cc(F)ccc1F. The molecule has 1 aliphatic heterocycles. The van der Waals surface area contributed by atoms with E-state index in [9.17, 15) is 13.6 Å². The highest BCUT2D eigenvalue weighted by atomic mass is 19.1. The van der Waals surface area contributed by atoms with Crippen molar-refractivity contribution >= 4 is 29.0 Å². The average Bonchev–Trinajstić information content (AvgIpc) is 2.77. The van der Waals surface area contributed by atoms with Gasteiger partial charge in [-0.3, -0.25) is 5.32 Å². The van der Waals surface area contributed by atoms with E-state index >= 15 is 0 Å². The number of hydrogen-bond acceptors (Lipinski definition) is 5. The predicted octanol–water partition coefficient (Wildman–Crippen LogP) is 3.73. The van der Waals surface area contributed by atoms with Crippen LogP contribution in [0.15, 0.2) is 60.9 Å². The summed E-state index contributed by atoms with van der Waals surface area (Å²) in [6, 6.07) is 14.0. The van der Waals surface area contributed by atoms with Crippen molar-refractivity contribution in [2.45, 2.75) is 0 Å². The van der Waals surface area contributed by atoms with Crippen molar-refractivity contribution in [3.05, 3.63) is 72.6 Å². The summed E-state index contributed by atoms with van der Waals surface area (Å²) in [5.41, 5.74) is 0.933. The molecule has 0 spiro atoms. The topological polar surface area (TPSA) is 73.4 Å². The highest BCUT2D eigenvalue weighted by Gasteiger charge is 2.19. The molecule has 1 aromatic heterocycles. The number of aromatic nitrogens is 2. The zero-order chi connectivity index (χ0) is 20.9. The first kappa shape index (κ1) is 19.6. The van der Waals surface area contributed by atoms with Crippen LogP contribution in [0.3, 0.4) is 0 Å². The Morgan fingerprint density at radius 3 is 2.37 bits per heavy atom. The van der Waals surface area contributed by atoms with E-state index in [-0.39, 0.29) is 11.5 Å². The maximum absolute atomic E-state index is 13.7. The molecule has 7 nitrogen and oxygen atoms in total. The molecule has 1 aliphatic rings. The fourth-order valence-electron chi connectivity index (χ4n) is 3.28. The number of hydrogen-bond donors (Lipinski definition) is 2. The van der Waals surface area contributed by atoms with E-state index in [0.29, 0.717) is 5.82 Å². The predicted molar refractivity (Wildman–Crippen MR) is 112 cm³/mol. The van der Waals surface area contributed by atoms with Gasteiger partial charge in [-0.25, -0.2) is 23.5 Å². The van der Waals surface area contributed by atoms with Crippen molar-refractivity contribution in [3.63, 3.8) is 0 Å². The monoisotopic (exact) mass is 410 g/mol. The molecule has 1 saturated heterocycles. The third-order valence-corrected chi connectivity index (χ3v) is 4.80. The van der Waals surface area contributed by atoms with Gasteiger partial charge < -0.3 is 15.1 Å². The Morgan fingerprint density at radius 1 is 0.867 bits per heavy atom. The zero-order valence-corrected chi connectivity index (χ0v) is 16.1. The average molecular weight is 410 g/mol. The van der Waals surface area contributed by atoms with Gasteiger partial charge in [0.15, 0.2) is 0 Å². The molecule has 30 heavy (non-hydrogen) atoms. The van der Waals surface area contributed by atoms with Crippen LogP contribution >= 0.6 is 0 Å². The molecule has 9 heteroatoms. The molecular formula is C21H20F2N6O. The van der Waals surface area contributed by atoms with Crippen molar-refractivity contribution in [3.8, 4) is 0 Å². The number of benzene rings is 2. The number of piperazine rings is 1. The zero-order valence-electron chi connectivity index (χ0n) is 16.1. The number of rotatable bonds is 4. The molecule has 154 valence electrons. The molecule has 0 aliphatic carbocycles. The Bertz CT molecular complexity index is 1030. The van der Waals surface area contributed by atoms with Crippen LogP contribution in [0.25, 0.3) is 0 Å². The van der Waals surface area contributed by atoms with Crippen LogP contribution in [-0.4, -0.2) is 42.2 Å². The Labute approximate surface area is 172 Å². The molecule has 0 saturated carbocycles. The number of halogens is 2. The van der Waals surface area contributed by atoms with Crippen LogP contribution in [0, 0.1) is 11.6 Å². The van der Waals surface area contributed by atoms with Gasteiger partial charge in [0.05, 0.1) is 5.69 Å². The van der Waals surface area contributed by atoms with Gasteiger partial charge in [0, 0.05) is 44.0 Å². The number of nitrogens with zero attached hydrogens (tertiary/aromatic N) is 4. The molecule has 0 atom stereocenters. The Balaban J connectivity index is 1.37. The highest BCUT2D eigenvalue weighted by molar-refractivity contribution is 5.99. The van der Waals surface area contributed by atoms with Gasteiger partial charge in [0.2, 0.25) is 0 Å². The van der Waals surface area contributed by atoms with Crippen LogP contribution in [0.5, 0.6) is 0 Å². The smallest absolute Gasteiger partial charge is 0.324 e. The van der Waals surface area contributed by atoms with Crippen LogP contribution in [0.1, 0.15) is 0 Å². The summed E-state index contributed by atoms with van der Waals surface area (Å²) in [6.07, 6.45) is 1.36. The number of amides is 2. The van der Waals surface area contributed by atoms with Crippen LogP contribution in [0.4, 0.5) is 36.6 Å². The van der Waals surface area contributed by atoms with Gasteiger partial charge in [-0.2, -0.15) is 0 Å². The minimum Gasteiger partial charge on any atom is -0.368 e. The molecule has 0 bridgehead atoms. The summed E-state index contributed by atoms with van der Waals surface area (Å²) in [5, 5.41) is 4.80. The molecule has 2 heterocycles. The second-order valence-corrected chi connectivity index (χ2v) is 6.77. The maximum Gasteiger partial charge on any atom is 0.324 e. The lowest BCUT2D eigenvalue weighted by Crippen LogP contribution is -2.46. The fraction of sp³-hybridized carbons (Fsp3) is 0.190. The third kappa shape index (κ3) is 4.62. The first-order valence-corrected chi connectivity index (χ1v) is 9.48. The summed E-state index contributed by atoms with van der Waals surface area (Å²) in [4.78, 5) is 24.9. The molecule has 2 amide bonds. The number of nitrogens with one attached hydrogen (secondary N) is 2. The number of anilines is 4. The summed E-state index contributed by atoms with van der Waals surface area (Å²) >= 11 is 0. The van der Waals surface area contributed by atoms with Gasteiger partial charge >= 0.3 is 6.03 Å². The molecule has 3 aromatic rings. The van der Waals surface area contributed by atoms with Gasteiger partial charge in [-0.05, 0) is 24.3 Å². The molecule has 1 fully saturated rings. The lowest BCUT2D eigenvalue weighted by molar-refractivity contribution is 0.262. The van der Waals surface area contributed by atoms with E-state index < -0.39 is 17.7 Å². The fourth-order valence-corrected chi connectivity index (χ4v) is 3.28. The Hall–Kier alpha value is -3.75. The van der Waals surface area contributed by atoms with E-state index in [1.165, 1.54) is 12.0 Å². The molecular weight excluding hydrogens is 390 g/mol. The summed E-state index contributed by atoms with van der Waals surface area (Å²) in [7, 11) is 0. The lowest BCUT2D eigenvalue weighted by Gasteiger charge is -2.36. The summed E-state index contributed by atoms with van der Waals surface area (Å²) in [5.74, 6) is -0.429. The number of carbonyl (C=O) groups is 1. The quantitative estimate of drug-likeness (QED) is 0.686. The van der Waals surface area contributed by atoms with Gasteiger partial charge in [-0.1, -0.05) is 18.2 Å². The third-order valence-electron chi connectivity index (χ3n) is 4.80. The minimum atomic E-state index is -0.730.